The number of ether oxygens (including phenoxy) is 1. The molecule has 0 saturated carbocycles. The van der Waals surface area contributed by atoms with Gasteiger partial charge in [-0.1, -0.05) is 23.7 Å². The lowest BCUT2D eigenvalue weighted by Crippen LogP contribution is -2.57. The number of carbonyl (C=O) groups excluding carboxylic acids is 1. The molecule has 25 heavy (non-hydrogen) atoms. The second kappa shape index (κ2) is 7.29. The van der Waals surface area contributed by atoms with E-state index < -0.39 is 22.0 Å². The third-order valence-electron chi connectivity index (χ3n) is 4.13. The van der Waals surface area contributed by atoms with Crippen molar-refractivity contribution < 1.29 is 17.9 Å². The maximum absolute atomic E-state index is 13.1. The van der Waals surface area contributed by atoms with Gasteiger partial charge in [0.15, 0.2) is 0 Å². The molecule has 1 N–H and O–H groups in total. The lowest BCUT2D eigenvalue weighted by Gasteiger charge is -2.33. The number of hydrogen-bond acceptors (Lipinski definition) is 5. The van der Waals surface area contributed by atoms with E-state index in [1.807, 2.05) is 0 Å². The summed E-state index contributed by atoms with van der Waals surface area (Å²) in [7, 11) is -3.82. The van der Waals surface area contributed by atoms with Gasteiger partial charge < -0.3 is 10.1 Å². The number of rotatable bonds is 4. The van der Waals surface area contributed by atoms with Crippen LogP contribution in [0.4, 0.5) is 0 Å². The van der Waals surface area contributed by atoms with Crippen molar-refractivity contribution >= 4 is 38.4 Å². The van der Waals surface area contributed by atoms with Crippen molar-refractivity contribution in [2.45, 2.75) is 17.9 Å². The number of sulfonamides is 1. The van der Waals surface area contributed by atoms with Crippen LogP contribution < -0.4 is 5.32 Å². The molecule has 0 spiro atoms. The molecule has 8 heteroatoms. The van der Waals surface area contributed by atoms with Gasteiger partial charge >= 0.3 is 5.97 Å². The molecule has 1 atom stereocenters. The first kappa shape index (κ1) is 18.1. The molecule has 3 rings (SSSR count). The summed E-state index contributed by atoms with van der Waals surface area (Å²) < 4.78 is 32.4. The number of halogens is 1. The van der Waals surface area contributed by atoms with E-state index in [1.54, 1.807) is 37.3 Å². The third kappa shape index (κ3) is 3.64. The second-order valence-corrected chi connectivity index (χ2v) is 8.07. The molecule has 0 aromatic heterocycles. The van der Waals surface area contributed by atoms with E-state index in [0.29, 0.717) is 11.6 Å². The number of piperazine rings is 1. The summed E-state index contributed by atoms with van der Waals surface area (Å²) in [4.78, 5) is 12.3. The van der Waals surface area contributed by atoms with Crippen molar-refractivity contribution in [3.05, 3.63) is 41.4 Å². The Balaban J connectivity index is 1.99. The lowest BCUT2D eigenvalue weighted by atomic mass is 10.1. The van der Waals surface area contributed by atoms with E-state index in [4.69, 9.17) is 16.3 Å². The minimum absolute atomic E-state index is 0.151. The van der Waals surface area contributed by atoms with Crippen molar-refractivity contribution in [1.29, 1.82) is 0 Å². The lowest BCUT2D eigenvalue weighted by molar-refractivity contribution is -0.148. The highest BCUT2D eigenvalue weighted by atomic mass is 35.5. The number of fused-ring (bicyclic) bond motifs is 1. The molecule has 2 aromatic rings. The second-order valence-electron chi connectivity index (χ2n) is 5.74. The number of nitrogens with zero attached hydrogens (tertiary/aromatic N) is 1. The maximum atomic E-state index is 13.1. The van der Waals surface area contributed by atoms with Crippen molar-refractivity contribution in [3.63, 3.8) is 0 Å². The Hall–Kier alpha value is -1.67. The van der Waals surface area contributed by atoms with Gasteiger partial charge in [-0.05, 0) is 42.0 Å². The fourth-order valence-electron chi connectivity index (χ4n) is 2.90. The minimum atomic E-state index is -3.82. The molecule has 0 bridgehead atoms. The van der Waals surface area contributed by atoms with Crippen LogP contribution >= 0.6 is 11.6 Å². The summed E-state index contributed by atoms with van der Waals surface area (Å²) >= 11 is 5.97. The van der Waals surface area contributed by atoms with E-state index in [2.05, 4.69) is 5.32 Å². The molecule has 1 aliphatic rings. The molecule has 1 aliphatic heterocycles. The molecule has 0 aliphatic carbocycles. The van der Waals surface area contributed by atoms with Crippen molar-refractivity contribution in [3.8, 4) is 0 Å². The molecule has 2 aromatic carbocycles. The Labute approximate surface area is 151 Å². The Morgan fingerprint density at radius 2 is 2.00 bits per heavy atom. The van der Waals surface area contributed by atoms with E-state index in [-0.39, 0.29) is 24.6 Å². The first-order valence-electron chi connectivity index (χ1n) is 8.02. The summed E-state index contributed by atoms with van der Waals surface area (Å²) in [5.41, 5.74) is 0. The Bertz CT molecular complexity index is 901. The molecular weight excluding hydrogens is 364 g/mol. The van der Waals surface area contributed by atoms with Crippen molar-refractivity contribution in [2.75, 3.05) is 26.2 Å². The van der Waals surface area contributed by atoms with E-state index in [9.17, 15) is 13.2 Å². The highest BCUT2D eigenvalue weighted by Gasteiger charge is 2.38. The smallest absolute Gasteiger partial charge is 0.325 e. The van der Waals surface area contributed by atoms with Crippen molar-refractivity contribution in [1.82, 2.24) is 9.62 Å². The number of carbonyl (C=O) groups is 1. The van der Waals surface area contributed by atoms with Crippen LogP contribution in [0.15, 0.2) is 41.3 Å². The van der Waals surface area contributed by atoms with Crippen LogP contribution in [0.1, 0.15) is 6.92 Å². The Morgan fingerprint density at radius 3 is 2.76 bits per heavy atom. The van der Waals surface area contributed by atoms with Crippen LogP contribution in [0.3, 0.4) is 0 Å². The molecule has 6 nitrogen and oxygen atoms in total. The fraction of sp³-hybridized carbons (Fsp3) is 0.353. The van der Waals surface area contributed by atoms with Gasteiger partial charge in [0.25, 0.3) is 0 Å². The minimum Gasteiger partial charge on any atom is -0.465 e. The summed E-state index contributed by atoms with van der Waals surface area (Å²) in [6, 6.07) is 9.27. The van der Waals surface area contributed by atoms with Crippen LogP contribution in [0, 0.1) is 0 Å². The first-order chi connectivity index (χ1) is 11.9. The molecular formula is C17H19ClN2O4S. The van der Waals surface area contributed by atoms with E-state index >= 15 is 0 Å². The SMILES string of the molecule is CCOC(=O)C1CNCCN1S(=O)(=O)c1ccc2cc(Cl)ccc2c1. The highest BCUT2D eigenvalue weighted by Crippen LogP contribution is 2.26. The zero-order valence-electron chi connectivity index (χ0n) is 13.7. The van der Waals surface area contributed by atoms with E-state index in [0.717, 1.165) is 10.8 Å². The van der Waals surface area contributed by atoms with E-state index in [1.165, 1.54) is 10.4 Å². The standard InChI is InChI=1S/C17H19ClN2O4S/c1-2-24-17(21)16-11-19-7-8-20(16)25(22,23)15-6-4-12-9-14(18)5-3-13(12)10-15/h3-6,9-10,16,19H,2,7-8,11H2,1H3. The van der Waals surface area contributed by atoms with Crippen molar-refractivity contribution in [2.24, 2.45) is 0 Å². The van der Waals surface area contributed by atoms with Crippen LogP contribution in [-0.2, 0) is 19.6 Å². The molecule has 1 heterocycles. The summed E-state index contributed by atoms with van der Waals surface area (Å²) in [6.45, 7) is 2.84. The van der Waals surface area contributed by atoms with Crippen LogP contribution in [0.5, 0.6) is 0 Å². The zero-order valence-corrected chi connectivity index (χ0v) is 15.3. The van der Waals surface area contributed by atoms with Gasteiger partial charge in [-0.2, -0.15) is 4.31 Å². The topological polar surface area (TPSA) is 75.7 Å². The number of benzene rings is 2. The molecule has 1 fully saturated rings. The predicted molar refractivity (Wildman–Crippen MR) is 96.1 cm³/mol. The van der Waals surface area contributed by atoms with Crippen LogP contribution in [0.2, 0.25) is 5.02 Å². The summed E-state index contributed by atoms with van der Waals surface area (Å²) in [5.74, 6) is -0.536. The molecule has 0 radical (unpaired) electrons. The van der Waals surface area contributed by atoms with Gasteiger partial charge in [-0.25, -0.2) is 8.42 Å². The third-order valence-corrected chi connectivity index (χ3v) is 6.27. The Kier molecular flexibility index (Phi) is 5.29. The average Bonchev–Trinajstić information content (AvgIpc) is 2.61. The van der Waals surface area contributed by atoms with Gasteiger partial charge in [0.1, 0.15) is 6.04 Å². The monoisotopic (exact) mass is 382 g/mol. The highest BCUT2D eigenvalue weighted by molar-refractivity contribution is 7.89. The predicted octanol–water partition coefficient (Wildman–Crippen LogP) is 2.02. The molecule has 134 valence electrons. The Morgan fingerprint density at radius 1 is 1.28 bits per heavy atom. The quantitative estimate of drug-likeness (QED) is 0.819. The number of nitrogens with one attached hydrogen (secondary N) is 1. The fourth-order valence-corrected chi connectivity index (χ4v) is 4.70. The largest absolute Gasteiger partial charge is 0.465 e. The molecule has 1 unspecified atom stereocenters. The number of hydrogen-bond donors (Lipinski definition) is 1. The van der Waals surface area contributed by atoms with Crippen LogP contribution in [-0.4, -0.2) is 51.0 Å². The zero-order chi connectivity index (χ0) is 18.0. The molecule has 1 saturated heterocycles. The van der Waals surface area contributed by atoms with Gasteiger partial charge in [0.2, 0.25) is 10.0 Å². The van der Waals surface area contributed by atoms with Gasteiger partial charge in [-0.15, -0.1) is 0 Å². The normalized spacial score (nSPS) is 19.0. The van der Waals surface area contributed by atoms with Gasteiger partial charge in [0, 0.05) is 24.7 Å². The van der Waals surface area contributed by atoms with Gasteiger partial charge in [0.05, 0.1) is 11.5 Å². The van der Waals surface area contributed by atoms with Crippen LogP contribution in [0.25, 0.3) is 10.8 Å². The molecule has 0 amide bonds. The summed E-state index contributed by atoms with van der Waals surface area (Å²) in [6.07, 6.45) is 0. The summed E-state index contributed by atoms with van der Waals surface area (Å²) in [5, 5.41) is 5.26. The average molecular weight is 383 g/mol. The number of esters is 1. The van der Waals surface area contributed by atoms with Gasteiger partial charge in [-0.3, -0.25) is 4.79 Å². The maximum Gasteiger partial charge on any atom is 0.325 e. The first-order valence-corrected chi connectivity index (χ1v) is 9.84.